The number of rotatable bonds is 9. The number of hydrogen-bond acceptors (Lipinski definition) is 0. The van der Waals surface area contributed by atoms with Crippen LogP contribution in [0.25, 0.3) is 33.4 Å². The Kier molecular flexibility index (Phi) is 8.56. The SMILES string of the molecule is CC(C)C1=C(CCC2=C(C(C)C)Cc3cccc(-c4ccc(C(C)C)cc4)c32)c2c(cccc2-c2ccc(C(C)C)cc2)C1. The molecule has 44 heavy (non-hydrogen) atoms. The molecule has 0 nitrogen and oxygen atoms in total. The van der Waals surface area contributed by atoms with E-state index in [0.29, 0.717) is 23.7 Å². The Balaban J connectivity index is 1.40. The highest BCUT2D eigenvalue weighted by atomic mass is 14.3. The molecule has 0 saturated heterocycles. The van der Waals surface area contributed by atoms with Gasteiger partial charge in [0.05, 0.1) is 0 Å². The molecule has 226 valence electrons. The summed E-state index contributed by atoms with van der Waals surface area (Å²) < 4.78 is 0. The van der Waals surface area contributed by atoms with E-state index < -0.39 is 0 Å². The van der Waals surface area contributed by atoms with Crippen molar-refractivity contribution in [1.82, 2.24) is 0 Å². The molecule has 0 saturated carbocycles. The van der Waals surface area contributed by atoms with Crippen LogP contribution in [0.2, 0.25) is 0 Å². The van der Waals surface area contributed by atoms with Crippen LogP contribution in [0.15, 0.2) is 96.1 Å². The van der Waals surface area contributed by atoms with Crippen LogP contribution in [0.5, 0.6) is 0 Å². The van der Waals surface area contributed by atoms with Crippen LogP contribution in [0.1, 0.15) is 113 Å². The zero-order valence-electron chi connectivity index (χ0n) is 28.2. The maximum atomic E-state index is 2.39. The first-order chi connectivity index (χ1) is 21.1. The third kappa shape index (κ3) is 5.65. The Morgan fingerprint density at radius 2 is 0.795 bits per heavy atom. The molecule has 0 radical (unpaired) electrons. The van der Waals surface area contributed by atoms with Crippen molar-refractivity contribution in [3.8, 4) is 22.3 Å². The van der Waals surface area contributed by atoms with E-state index in [1.165, 1.54) is 55.6 Å². The molecule has 0 bridgehead atoms. The lowest BCUT2D eigenvalue weighted by Crippen LogP contribution is -1.99. The predicted molar refractivity (Wildman–Crippen MR) is 192 cm³/mol. The Morgan fingerprint density at radius 3 is 1.11 bits per heavy atom. The topological polar surface area (TPSA) is 0 Å². The van der Waals surface area contributed by atoms with Crippen LogP contribution in [-0.4, -0.2) is 0 Å². The van der Waals surface area contributed by atoms with Crippen molar-refractivity contribution in [2.24, 2.45) is 11.8 Å². The molecular weight excluding hydrogens is 528 g/mol. The second kappa shape index (κ2) is 12.4. The summed E-state index contributed by atoms with van der Waals surface area (Å²) in [5.74, 6) is 2.17. The molecule has 0 heteroatoms. The second-order valence-corrected chi connectivity index (χ2v) is 14.4. The van der Waals surface area contributed by atoms with Gasteiger partial charge in [0.2, 0.25) is 0 Å². The summed E-state index contributed by atoms with van der Waals surface area (Å²) in [4.78, 5) is 0. The Morgan fingerprint density at radius 1 is 0.432 bits per heavy atom. The Labute approximate surface area is 267 Å². The first-order valence-corrected chi connectivity index (χ1v) is 17.0. The van der Waals surface area contributed by atoms with E-state index in [2.05, 4.69) is 140 Å². The lowest BCUT2D eigenvalue weighted by molar-refractivity contribution is 0.743. The first-order valence-electron chi connectivity index (χ1n) is 17.0. The average Bonchev–Trinajstić information content (AvgIpc) is 3.59. The zero-order valence-corrected chi connectivity index (χ0v) is 28.2. The fourth-order valence-corrected chi connectivity index (χ4v) is 7.66. The zero-order chi connectivity index (χ0) is 31.1. The van der Waals surface area contributed by atoms with Gasteiger partial charge in [0.25, 0.3) is 0 Å². The smallest absolute Gasteiger partial charge is 0.00522 e. The Bertz CT molecular complexity index is 1590. The van der Waals surface area contributed by atoms with E-state index in [-0.39, 0.29) is 0 Å². The molecule has 0 aromatic heterocycles. The maximum absolute atomic E-state index is 2.39. The summed E-state index contributed by atoms with van der Waals surface area (Å²) in [6.07, 6.45) is 4.35. The van der Waals surface area contributed by atoms with Gasteiger partial charge in [-0.15, -0.1) is 0 Å². The fourth-order valence-electron chi connectivity index (χ4n) is 7.66. The van der Waals surface area contributed by atoms with Gasteiger partial charge in [0.1, 0.15) is 0 Å². The van der Waals surface area contributed by atoms with Crippen LogP contribution >= 0.6 is 0 Å². The van der Waals surface area contributed by atoms with Gasteiger partial charge in [-0.3, -0.25) is 0 Å². The van der Waals surface area contributed by atoms with Crippen molar-refractivity contribution < 1.29 is 0 Å². The van der Waals surface area contributed by atoms with Crippen molar-refractivity contribution in [3.63, 3.8) is 0 Å². The van der Waals surface area contributed by atoms with E-state index in [0.717, 1.165) is 25.7 Å². The number of allylic oxidation sites excluding steroid dienone is 4. The standard InChI is InChI=1S/C44H50/c1-27(2)31-15-19-33(20-16-31)37-13-9-11-35-25-41(29(5)6)39(43(35)37)23-24-40-42(30(7)8)26-36-12-10-14-38(44(36)40)34-21-17-32(18-22-34)28(3)4/h9-22,27-30H,23-26H2,1-8H3. The lowest BCUT2D eigenvalue weighted by atomic mass is 9.85. The molecule has 2 aliphatic carbocycles. The van der Waals surface area contributed by atoms with Crippen molar-refractivity contribution in [2.45, 2.75) is 92.9 Å². The summed E-state index contributed by atoms with van der Waals surface area (Å²) in [6, 6.07) is 32.7. The molecule has 0 amide bonds. The van der Waals surface area contributed by atoms with Crippen molar-refractivity contribution in [2.75, 3.05) is 0 Å². The molecule has 0 fully saturated rings. The molecule has 6 rings (SSSR count). The van der Waals surface area contributed by atoms with E-state index in [9.17, 15) is 0 Å². The van der Waals surface area contributed by atoms with E-state index in [1.54, 1.807) is 22.3 Å². The minimum Gasteiger partial charge on any atom is -0.0613 e. The van der Waals surface area contributed by atoms with Gasteiger partial charge in [-0.1, -0.05) is 151 Å². The highest BCUT2D eigenvalue weighted by molar-refractivity contribution is 5.91. The van der Waals surface area contributed by atoms with E-state index in [1.807, 2.05) is 0 Å². The van der Waals surface area contributed by atoms with Crippen molar-refractivity contribution in [1.29, 1.82) is 0 Å². The molecule has 0 aliphatic heterocycles. The second-order valence-electron chi connectivity index (χ2n) is 14.4. The molecule has 4 aromatic rings. The molecule has 0 unspecified atom stereocenters. The molecule has 0 atom stereocenters. The van der Waals surface area contributed by atoms with Crippen molar-refractivity contribution >= 4 is 11.1 Å². The third-order valence-corrected chi connectivity index (χ3v) is 10.2. The van der Waals surface area contributed by atoms with Crippen LogP contribution in [0.3, 0.4) is 0 Å². The van der Waals surface area contributed by atoms with Gasteiger partial charge in [0.15, 0.2) is 0 Å². The molecule has 4 aromatic carbocycles. The normalized spacial score (nSPS) is 14.5. The summed E-state index contributed by atoms with van der Waals surface area (Å²) in [5.41, 5.74) is 20.8. The van der Waals surface area contributed by atoms with Crippen LogP contribution in [0, 0.1) is 11.8 Å². The van der Waals surface area contributed by atoms with E-state index >= 15 is 0 Å². The lowest BCUT2D eigenvalue weighted by Gasteiger charge is -2.19. The number of hydrogen-bond donors (Lipinski definition) is 0. The highest BCUT2D eigenvalue weighted by Gasteiger charge is 2.30. The first kappa shape index (κ1) is 30.4. The molecule has 0 spiro atoms. The largest absolute Gasteiger partial charge is 0.0613 e. The van der Waals surface area contributed by atoms with Crippen LogP contribution < -0.4 is 0 Å². The molecular formula is C44H50. The molecule has 2 aliphatic rings. The summed E-state index contributed by atoms with van der Waals surface area (Å²) in [5, 5.41) is 0. The van der Waals surface area contributed by atoms with E-state index in [4.69, 9.17) is 0 Å². The summed E-state index contributed by atoms with van der Waals surface area (Å²) >= 11 is 0. The monoisotopic (exact) mass is 578 g/mol. The van der Waals surface area contributed by atoms with Crippen molar-refractivity contribution in [3.05, 3.63) is 129 Å². The predicted octanol–water partition coefficient (Wildman–Crippen LogP) is 12.7. The minimum atomic E-state index is 0.540. The summed E-state index contributed by atoms with van der Waals surface area (Å²) in [6.45, 7) is 18.7. The van der Waals surface area contributed by atoms with Gasteiger partial charge in [-0.05, 0) is 116 Å². The third-order valence-electron chi connectivity index (χ3n) is 10.2. The quantitative estimate of drug-likeness (QED) is 0.185. The number of fused-ring (bicyclic) bond motifs is 2. The van der Waals surface area contributed by atoms with Crippen LogP contribution in [-0.2, 0) is 12.8 Å². The fraction of sp³-hybridized carbons (Fsp3) is 0.364. The minimum absolute atomic E-state index is 0.540. The summed E-state index contributed by atoms with van der Waals surface area (Å²) in [7, 11) is 0. The van der Waals surface area contributed by atoms with Gasteiger partial charge in [0, 0.05) is 0 Å². The maximum Gasteiger partial charge on any atom is -0.00522 e. The van der Waals surface area contributed by atoms with Gasteiger partial charge >= 0.3 is 0 Å². The van der Waals surface area contributed by atoms with Crippen LogP contribution in [0.4, 0.5) is 0 Å². The molecule has 0 heterocycles. The average molecular weight is 579 g/mol. The Hall–Kier alpha value is -3.64. The molecule has 0 N–H and O–H groups in total. The number of benzene rings is 4. The highest BCUT2D eigenvalue weighted by Crippen LogP contribution is 2.48. The van der Waals surface area contributed by atoms with Gasteiger partial charge in [-0.2, -0.15) is 0 Å². The van der Waals surface area contributed by atoms with Gasteiger partial charge in [-0.25, -0.2) is 0 Å². The van der Waals surface area contributed by atoms with Gasteiger partial charge < -0.3 is 0 Å².